The van der Waals surface area contributed by atoms with Crippen molar-refractivity contribution in [1.82, 2.24) is 5.32 Å². The van der Waals surface area contributed by atoms with Crippen molar-refractivity contribution in [3.8, 4) is 5.75 Å². The van der Waals surface area contributed by atoms with Gasteiger partial charge in [-0.25, -0.2) is 0 Å². The van der Waals surface area contributed by atoms with Crippen LogP contribution in [-0.4, -0.2) is 29.1 Å². The van der Waals surface area contributed by atoms with Gasteiger partial charge in [-0.15, -0.1) is 0 Å². The highest BCUT2D eigenvalue weighted by atomic mass is 16.8. The standard InChI is InChI=1S/C11H12O3.C4H9NO/c12-11(13)6-9-8(7-4-5-7)2-1-3-10(9)14-11;1-3-4(6)5-2/h1-3,7,12-13H,4-6H2;3H2,1-2H3,(H,5,6). The zero-order valence-corrected chi connectivity index (χ0v) is 11.8. The molecule has 1 fully saturated rings. The van der Waals surface area contributed by atoms with E-state index in [2.05, 4.69) is 11.4 Å². The first-order valence-electron chi connectivity index (χ1n) is 6.93. The van der Waals surface area contributed by atoms with Gasteiger partial charge in [-0.3, -0.25) is 4.79 Å². The molecule has 1 heterocycles. The lowest BCUT2D eigenvalue weighted by atomic mass is 10.0. The first kappa shape index (κ1) is 14.8. The predicted octanol–water partition coefficient (Wildman–Crippen LogP) is 1.28. The van der Waals surface area contributed by atoms with E-state index in [-0.39, 0.29) is 12.3 Å². The van der Waals surface area contributed by atoms with E-state index in [1.807, 2.05) is 13.0 Å². The third kappa shape index (κ3) is 3.49. The van der Waals surface area contributed by atoms with Gasteiger partial charge in [0.25, 0.3) is 0 Å². The van der Waals surface area contributed by atoms with Crippen LogP contribution in [0.5, 0.6) is 5.75 Å². The fourth-order valence-corrected chi connectivity index (χ4v) is 2.26. The molecule has 0 radical (unpaired) electrons. The lowest BCUT2D eigenvalue weighted by molar-refractivity contribution is -0.279. The molecular formula is C15H21NO4. The van der Waals surface area contributed by atoms with Crippen LogP contribution in [0.25, 0.3) is 0 Å². The van der Waals surface area contributed by atoms with E-state index in [1.165, 1.54) is 18.4 Å². The number of nitrogens with one attached hydrogen (secondary N) is 1. The molecule has 0 saturated heterocycles. The number of amides is 1. The van der Waals surface area contributed by atoms with Gasteiger partial charge >= 0.3 is 5.97 Å². The second-order valence-electron chi connectivity index (χ2n) is 5.15. The SMILES string of the molecule is CCC(=O)NC.OC1(O)Cc2c(cccc2C2CC2)O1. The highest BCUT2D eigenvalue weighted by Crippen LogP contribution is 2.46. The molecule has 1 aliphatic heterocycles. The Morgan fingerprint density at radius 3 is 2.65 bits per heavy atom. The van der Waals surface area contributed by atoms with Crippen molar-refractivity contribution in [1.29, 1.82) is 0 Å². The Bertz CT molecular complexity index is 489. The quantitative estimate of drug-likeness (QED) is 0.713. The minimum atomic E-state index is -1.99. The van der Waals surface area contributed by atoms with Crippen molar-refractivity contribution in [3.63, 3.8) is 0 Å². The monoisotopic (exact) mass is 279 g/mol. The molecule has 1 aromatic rings. The molecule has 0 atom stereocenters. The Morgan fingerprint density at radius 1 is 1.45 bits per heavy atom. The number of carbonyl (C=O) groups excluding carboxylic acids is 1. The Hall–Kier alpha value is -1.59. The summed E-state index contributed by atoms with van der Waals surface area (Å²) in [6, 6.07) is 5.75. The second kappa shape index (κ2) is 5.81. The van der Waals surface area contributed by atoms with Crippen molar-refractivity contribution in [2.45, 2.75) is 44.5 Å². The summed E-state index contributed by atoms with van der Waals surface area (Å²) >= 11 is 0. The molecule has 3 rings (SSSR count). The van der Waals surface area contributed by atoms with Gasteiger partial charge in [0, 0.05) is 19.0 Å². The van der Waals surface area contributed by atoms with Crippen LogP contribution >= 0.6 is 0 Å². The van der Waals surface area contributed by atoms with Crippen LogP contribution < -0.4 is 10.1 Å². The van der Waals surface area contributed by atoms with Gasteiger partial charge in [-0.2, -0.15) is 0 Å². The second-order valence-corrected chi connectivity index (χ2v) is 5.15. The molecule has 1 saturated carbocycles. The van der Waals surface area contributed by atoms with Crippen molar-refractivity contribution < 1.29 is 19.7 Å². The average molecular weight is 279 g/mol. The minimum absolute atomic E-state index is 0.0926. The molecule has 0 unspecified atom stereocenters. The molecule has 110 valence electrons. The molecule has 3 N–H and O–H groups in total. The fraction of sp³-hybridized carbons (Fsp3) is 0.533. The number of ether oxygens (including phenoxy) is 1. The fourth-order valence-electron chi connectivity index (χ4n) is 2.26. The summed E-state index contributed by atoms with van der Waals surface area (Å²) in [6.45, 7) is 1.82. The van der Waals surface area contributed by atoms with Crippen molar-refractivity contribution in [2.24, 2.45) is 0 Å². The number of fused-ring (bicyclic) bond motifs is 1. The summed E-state index contributed by atoms with van der Waals surface area (Å²) in [7, 11) is 1.63. The van der Waals surface area contributed by atoms with E-state index in [4.69, 9.17) is 4.74 Å². The molecule has 1 aliphatic carbocycles. The maximum absolute atomic E-state index is 10.1. The lowest BCUT2D eigenvalue weighted by Gasteiger charge is -2.12. The highest BCUT2D eigenvalue weighted by molar-refractivity contribution is 5.74. The molecule has 5 nitrogen and oxygen atoms in total. The highest BCUT2D eigenvalue weighted by Gasteiger charge is 2.39. The number of hydrogen-bond donors (Lipinski definition) is 3. The van der Waals surface area contributed by atoms with E-state index >= 15 is 0 Å². The Labute approximate surface area is 118 Å². The molecule has 5 heteroatoms. The van der Waals surface area contributed by atoms with Crippen LogP contribution in [0.2, 0.25) is 0 Å². The number of rotatable bonds is 2. The summed E-state index contributed by atoms with van der Waals surface area (Å²) in [6.07, 6.45) is 3.19. The molecular weight excluding hydrogens is 258 g/mol. The summed E-state index contributed by atoms with van der Waals surface area (Å²) in [5.41, 5.74) is 2.20. The normalized spacial score (nSPS) is 18.4. The van der Waals surface area contributed by atoms with E-state index in [9.17, 15) is 15.0 Å². The summed E-state index contributed by atoms with van der Waals surface area (Å²) in [4.78, 5) is 10.1. The maximum Gasteiger partial charge on any atom is 0.326 e. The largest absolute Gasteiger partial charge is 0.439 e. The van der Waals surface area contributed by atoms with Gasteiger partial charge in [0.05, 0.1) is 6.42 Å². The Balaban J connectivity index is 0.000000212. The zero-order valence-electron chi connectivity index (χ0n) is 11.8. The summed E-state index contributed by atoms with van der Waals surface area (Å²) in [5, 5.41) is 21.2. The average Bonchev–Trinajstić information content (AvgIpc) is 3.19. The molecule has 1 aromatic carbocycles. The Morgan fingerprint density at radius 2 is 2.15 bits per heavy atom. The van der Waals surface area contributed by atoms with Gasteiger partial charge in [-0.05, 0) is 30.4 Å². The van der Waals surface area contributed by atoms with Crippen LogP contribution in [-0.2, 0) is 11.2 Å². The van der Waals surface area contributed by atoms with Gasteiger partial charge in [0.2, 0.25) is 5.91 Å². The van der Waals surface area contributed by atoms with Crippen LogP contribution in [0.4, 0.5) is 0 Å². The minimum Gasteiger partial charge on any atom is -0.439 e. The number of benzene rings is 1. The lowest BCUT2D eigenvalue weighted by Crippen LogP contribution is -2.32. The van der Waals surface area contributed by atoms with E-state index in [1.54, 1.807) is 13.1 Å². The van der Waals surface area contributed by atoms with Crippen LogP contribution in [0, 0.1) is 0 Å². The topological polar surface area (TPSA) is 78.8 Å². The smallest absolute Gasteiger partial charge is 0.326 e. The molecule has 1 amide bonds. The molecule has 20 heavy (non-hydrogen) atoms. The number of carbonyl (C=O) groups is 1. The number of aliphatic hydroxyl groups is 2. The van der Waals surface area contributed by atoms with Gasteiger partial charge in [0.1, 0.15) is 5.75 Å². The third-order valence-electron chi connectivity index (χ3n) is 3.47. The van der Waals surface area contributed by atoms with Gasteiger partial charge in [-0.1, -0.05) is 19.1 Å². The van der Waals surface area contributed by atoms with Gasteiger partial charge < -0.3 is 20.3 Å². The van der Waals surface area contributed by atoms with E-state index in [0.29, 0.717) is 18.1 Å². The van der Waals surface area contributed by atoms with E-state index < -0.39 is 5.97 Å². The third-order valence-corrected chi connectivity index (χ3v) is 3.47. The predicted molar refractivity (Wildman–Crippen MR) is 74.3 cm³/mol. The maximum atomic E-state index is 10.1. The first-order valence-corrected chi connectivity index (χ1v) is 6.93. The Kier molecular flexibility index (Phi) is 4.30. The van der Waals surface area contributed by atoms with Crippen molar-refractivity contribution in [3.05, 3.63) is 29.3 Å². The molecule has 0 spiro atoms. The molecule has 0 bridgehead atoms. The summed E-state index contributed by atoms with van der Waals surface area (Å²) in [5.74, 6) is -0.662. The first-order chi connectivity index (χ1) is 9.46. The number of hydrogen-bond acceptors (Lipinski definition) is 4. The van der Waals surface area contributed by atoms with Crippen LogP contribution in [0.3, 0.4) is 0 Å². The van der Waals surface area contributed by atoms with Crippen LogP contribution in [0.1, 0.15) is 43.2 Å². The van der Waals surface area contributed by atoms with Crippen molar-refractivity contribution in [2.75, 3.05) is 7.05 Å². The van der Waals surface area contributed by atoms with Crippen molar-refractivity contribution >= 4 is 5.91 Å². The zero-order chi connectivity index (χ0) is 14.8. The molecule has 2 aliphatic rings. The van der Waals surface area contributed by atoms with E-state index in [0.717, 1.165) is 5.56 Å². The van der Waals surface area contributed by atoms with Gasteiger partial charge in [0.15, 0.2) is 0 Å². The molecule has 0 aromatic heterocycles. The van der Waals surface area contributed by atoms with Crippen LogP contribution in [0.15, 0.2) is 18.2 Å². The summed E-state index contributed by atoms with van der Waals surface area (Å²) < 4.78 is 5.02.